The molecule has 1 aliphatic rings. The van der Waals surface area contributed by atoms with E-state index in [9.17, 15) is 4.79 Å². The van der Waals surface area contributed by atoms with Gasteiger partial charge in [-0.15, -0.1) is 0 Å². The Labute approximate surface area is 117 Å². The Morgan fingerprint density at radius 2 is 2.25 bits per heavy atom. The molecule has 1 aromatic heterocycles. The van der Waals surface area contributed by atoms with E-state index in [1.165, 1.54) is 0 Å². The Hall–Kier alpha value is -2.30. The SMILES string of the molecule is Cc1nc(COc2ccc3c(c2)CCNC3=O)oc1C. The molecule has 1 N–H and O–H groups in total. The summed E-state index contributed by atoms with van der Waals surface area (Å²) in [5.41, 5.74) is 2.63. The van der Waals surface area contributed by atoms with Gasteiger partial charge in [0.15, 0.2) is 6.61 Å². The summed E-state index contributed by atoms with van der Waals surface area (Å²) in [5.74, 6) is 2.09. The lowest BCUT2D eigenvalue weighted by molar-refractivity contribution is 0.0946. The average molecular weight is 272 g/mol. The molecule has 0 bridgehead atoms. The van der Waals surface area contributed by atoms with E-state index in [1.807, 2.05) is 19.9 Å². The number of hydrogen-bond acceptors (Lipinski definition) is 4. The third kappa shape index (κ3) is 2.39. The lowest BCUT2D eigenvalue weighted by atomic mass is 10.0. The predicted octanol–water partition coefficient (Wildman–Crippen LogP) is 2.16. The monoisotopic (exact) mass is 272 g/mol. The van der Waals surface area contributed by atoms with Gasteiger partial charge in [0, 0.05) is 12.1 Å². The lowest BCUT2D eigenvalue weighted by Crippen LogP contribution is -2.31. The van der Waals surface area contributed by atoms with E-state index in [1.54, 1.807) is 12.1 Å². The van der Waals surface area contributed by atoms with Gasteiger partial charge in [-0.05, 0) is 44.0 Å². The molecule has 5 heteroatoms. The topological polar surface area (TPSA) is 64.4 Å². The van der Waals surface area contributed by atoms with Crippen LogP contribution in [0.15, 0.2) is 22.6 Å². The molecule has 1 aromatic carbocycles. The van der Waals surface area contributed by atoms with E-state index in [2.05, 4.69) is 10.3 Å². The number of oxazole rings is 1. The molecule has 0 saturated carbocycles. The van der Waals surface area contributed by atoms with Crippen LogP contribution in [0.25, 0.3) is 0 Å². The maximum absolute atomic E-state index is 11.6. The van der Waals surface area contributed by atoms with E-state index in [-0.39, 0.29) is 5.91 Å². The zero-order valence-corrected chi connectivity index (χ0v) is 11.5. The van der Waals surface area contributed by atoms with E-state index in [0.717, 1.165) is 34.8 Å². The number of benzene rings is 1. The highest BCUT2D eigenvalue weighted by molar-refractivity contribution is 5.96. The summed E-state index contributed by atoms with van der Waals surface area (Å²) >= 11 is 0. The van der Waals surface area contributed by atoms with E-state index < -0.39 is 0 Å². The van der Waals surface area contributed by atoms with Gasteiger partial charge in [0.05, 0.1) is 5.69 Å². The third-order valence-corrected chi connectivity index (χ3v) is 3.44. The second-order valence-corrected chi connectivity index (χ2v) is 4.86. The van der Waals surface area contributed by atoms with Gasteiger partial charge in [-0.2, -0.15) is 0 Å². The Morgan fingerprint density at radius 3 is 3.00 bits per heavy atom. The number of nitrogens with one attached hydrogen (secondary N) is 1. The highest BCUT2D eigenvalue weighted by Gasteiger charge is 2.17. The maximum atomic E-state index is 11.6. The summed E-state index contributed by atoms with van der Waals surface area (Å²) in [6, 6.07) is 5.51. The van der Waals surface area contributed by atoms with Crippen molar-refractivity contribution in [2.45, 2.75) is 26.9 Å². The van der Waals surface area contributed by atoms with E-state index in [0.29, 0.717) is 19.0 Å². The van der Waals surface area contributed by atoms with Gasteiger partial charge in [-0.1, -0.05) is 0 Å². The van der Waals surface area contributed by atoms with Crippen LogP contribution in [0, 0.1) is 13.8 Å². The Kier molecular flexibility index (Phi) is 3.18. The quantitative estimate of drug-likeness (QED) is 0.930. The number of ether oxygens (including phenoxy) is 1. The van der Waals surface area contributed by atoms with Gasteiger partial charge in [0.25, 0.3) is 5.91 Å². The van der Waals surface area contributed by atoms with Crippen LogP contribution in [0.3, 0.4) is 0 Å². The zero-order chi connectivity index (χ0) is 14.1. The summed E-state index contributed by atoms with van der Waals surface area (Å²) in [7, 11) is 0. The van der Waals surface area contributed by atoms with Crippen LogP contribution in [-0.2, 0) is 13.0 Å². The summed E-state index contributed by atoms with van der Waals surface area (Å²) in [6.07, 6.45) is 0.829. The van der Waals surface area contributed by atoms with Crippen LogP contribution in [0.1, 0.15) is 33.3 Å². The summed E-state index contributed by atoms with van der Waals surface area (Å²) in [5, 5.41) is 2.82. The van der Waals surface area contributed by atoms with Crippen molar-refractivity contribution in [3.8, 4) is 5.75 Å². The number of carbonyl (C=O) groups is 1. The van der Waals surface area contributed by atoms with E-state index >= 15 is 0 Å². The minimum atomic E-state index is -0.0169. The Morgan fingerprint density at radius 1 is 1.40 bits per heavy atom. The van der Waals surface area contributed by atoms with Gasteiger partial charge in [-0.3, -0.25) is 4.79 Å². The lowest BCUT2D eigenvalue weighted by Gasteiger charge is -2.17. The summed E-state index contributed by atoms with van der Waals surface area (Å²) in [6.45, 7) is 4.75. The van der Waals surface area contributed by atoms with Crippen molar-refractivity contribution in [3.63, 3.8) is 0 Å². The van der Waals surface area contributed by atoms with Crippen molar-refractivity contribution >= 4 is 5.91 Å². The fraction of sp³-hybridized carbons (Fsp3) is 0.333. The van der Waals surface area contributed by atoms with Gasteiger partial charge >= 0.3 is 0 Å². The molecule has 0 aliphatic carbocycles. The third-order valence-electron chi connectivity index (χ3n) is 3.44. The van der Waals surface area contributed by atoms with Crippen LogP contribution in [0.5, 0.6) is 5.75 Å². The van der Waals surface area contributed by atoms with Crippen LogP contribution in [0.2, 0.25) is 0 Å². The van der Waals surface area contributed by atoms with Crippen LogP contribution < -0.4 is 10.1 Å². The number of carbonyl (C=O) groups excluding carboxylic acids is 1. The van der Waals surface area contributed by atoms with Gasteiger partial charge in [0.1, 0.15) is 11.5 Å². The first kappa shape index (κ1) is 12.7. The number of nitrogens with zero attached hydrogens (tertiary/aromatic N) is 1. The van der Waals surface area contributed by atoms with Gasteiger partial charge < -0.3 is 14.5 Å². The normalized spacial score (nSPS) is 13.8. The first-order valence-corrected chi connectivity index (χ1v) is 6.60. The molecule has 20 heavy (non-hydrogen) atoms. The standard InChI is InChI=1S/C15H16N2O3/c1-9-10(2)20-14(17-9)8-19-12-3-4-13-11(7-12)5-6-16-15(13)18/h3-4,7H,5-6,8H2,1-2H3,(H,16,18). The van der Waals surface area contributed by atoms with Crippen molar-refractivity contribution in [2.75, 3.05) is 6.54 Å². The molecule has 1 aliphatic heterocycles. The molecule has 5 nitrogen and oxygen atoms in total. The number of rotatable bonds is 3. The molecule has 0 atom stereocenters. The number of aryl methyl sites for hydroxylation is 2. The largest absolute Gasteiger partial charge is 0.484 e. The minimum Gasteiger partial charge on any atom is -0.484 e. The van der Waals surface area contributed by atoms with Gasteiger partial charge in [0.2, 0.25) is 5.89 Å². The first-order valence-electron chi connectivity index (χ1n) is 6.60. The number of amides is 1. The fourth-order valence-electron chi connectivity index (χ4n) is 2.24. The van der Waals surface area contributed by atoms with Crippen LogP contribution >= 0.6 is 0 Å². The Balaban J connectivity index is 1.73. The highest BCUT2D eigenvalue weighted by atomic mass is 16.5. The second-order valence-electron chi connectivity index (χ2n) is 4.86. The number of fused-ring (bicyclic) bond motifs is 1. The average Bonchev–Trinajstić information content (AvgIpc) is 2.76. The number of hydrogen-bond donors (Lipinski definition) is 1. The molecule has 0 saturated heterocycles. The minimum absolute atomic E-state index is 0.0169. The van der Waals surface area contributed by atoms with Crippen LogP contribution in [-0.4, -0.2) is 17.4 Å². The predicted molar refractivity (Wildman–Crippen MR) is 72.8 cm³/mol. The van der Waals surface area contributed by atoms with Crippen molar-refractivity contribution in [3.05, 3.63) is 46.7 Å². The van der Waals surface area contributed by atoms with Crippen molar-refractivity contribution < 1.29 is 13.9 Å². The second kappa shape index (κ2) is 5.00. The molecular weight excluding hydrogens is 256 g/mol. The smallest absolute Gasteiger partial charge is 0.251 e. The molecule has 2 heterocycles. The molecule has 3 rings (SSSR count). The van der Waals surface area contributed by atoms with Crippen molar-refractivity contribution in [2.24, 2.45) is 0 Å². The fourth-order valence-corrected chi connectivity index (χ4v) is 2.24. The molecule has 0 spiro atoms. The first-order chi connectivity index (χ1) is 9.63. The van der Waals surface area contributed by atoms with E-state index in [4.69, 9.17) is 9.15 Å². The summed E-state index contributed by atoms with van der Waals surface area (Å²) in [4.78, 5) is 15.9. The van der Waals surface area contributed by atoms with Crippen molar-refractivity contribution in [1.29, 1.82) is 0 Å². The Bertz CT molecular complexity index is 642. The molecule has 1 amide bonds. The molecule has 104 valence electrons. The molecule has 0 unspecified atom stereocenters. The molecule has 0 radical (unpaired) electrons. The zero-order valence-electron chi connectivity index (χ0n) is 11.5. The molecular formula is C15H16N2O3. The number of aromatic nitrogens is 1. The molecule has 0 fully saturated rings. The van der Waals surface area contributed by atoms with Crippen LogP contribution in [0.4, 0.5) is 0 Å². The maximum Gasteiger partial charge on any atom is 0.251 e. The van der Waals surface area contributed by atoms with Crippen molar-refractivity contribution in [1.82, 2.24) is 10.3 Å². The highest BCUT2D eigenvalue weighted by Crippen LogP contribution is 2.21. The molecule has 2 aromatic rings. The van der Waals surface area contributed by atoms with Gasteiger partial charge in [-0.25, -0.2) is 4.98 Å². The summed E-state index contributed by atoms with van der Waals surface area (Å²) < 4.78 is 11.1.